The molecule has 0 saturated heterocycles. The molecule has 0 atom stereocenters. The number of aliphatic carboxylic acids is 1. The number of ether oxygens (including phenoxy) is 1. The topological polar surface area (TPSA) is 68.1 Å². The summed E-state index contributed by atoms with van der Waals surface area (Å²) in [5.74, 6) is -0.0371. The zero-order chi connectivity index (χ0) is 20.1. The quantitative estimate of drug-likeness (QED) is 0.636. The predicted molar refractivity (Wildman–Crippen MR) is 112 cm³/mol. The number of methoxy groups -OCH3 is 1. The number of hydrogen-bond acceptors (Lipinski definition) is 5. The van der Waals surface area contributed by atoms with E-state index in [1.54, 1.807) is 18.4 Å². The van der Waals surface area contributed by atoms with Crippen molar-refractivity contribution in [3.63, 3.8) is 0 Å². The van der Waals surface area contributed by atoms with Crippen molar-refractivity contribution in [1.29, 1.82) is 0 Å². The van der Waals surface area contributed by atoms with Crippen molar-refractivity contribution in [3.05, 3.63) is 69.3 Å². The lowest BCUT2D eigenvalue weighted by Gasteiger charge is -2.15. The molecule has 3 rings (SSSR count). The van der Waals surface area contributed by atoms with E-state index in [0.29, 0.717) is 17.9 Å². The van der Waals surface area contributed by atoms with Crippen LogP contribution >= 0.6 is 22.9 Å². The maximum absolute atomic E-state index is 11.3. The van der Waals surface area contributed by atoms with Gasteiger partial charge in [0.15, 0.2) is 0 Å². The summed E-state index contributed by atoms with van der Waals surface area (Å²) < 4.78 is 5.31. The molecule has 1 N–H and O–H groups in total. The van der Waals surface area contributed by atoms with Crippen LogP contribution in [-0.2, 0) is 27.2 Å². The average Bonchev–Trinajstić information content (AvgIpc) is 3.05. The lowest BCUT2D eigenvalue weighted by atomic mass is 9.97. The lowest BCUT2D eigenvalue weighted by molar-refractivity contribution is -0.136. The summed E-state index contributed by atoms with van der Waals surface area (Å²) in [7, 11) is 3.15. The van der Waals surface area contributed by atoms with E-state index in [1.807, 2.05) is 42.5 Å². The molecule has 0 unspecified atom stereocenters. The van der Waals surface area contributed by atoms with Crippen molar-refractivity contribution >= 4 is 34.6 Å². The minimum atomic E-state index is -0.856. The molecule has 1 aliphatic carbocycles. The Bertz CT molecular complexity index is 957. The highest BCUT2D eigenvalue weighted by molar-refractivity contribution is 7.15. The minimum absolute atomic E-state index is 0.0275. The Labute approximate surface area is 172 Å². The van der Waals surface area contributed by atoms with Crippen LogP contribution in [-0.4, -0.2) is 31.0 Å². The van der Waals surface area contributed by atoms with Gasteiger partial charge in [-0.25, -0.2) is 0 Å². The standard InChI is InChI=1S/C21H20ClNO4S/c1-26-17-8-5-14(19(12-17)23-27-2)9-18-10-15(11-20(24)25)21(28-18)13-3-6-16(22)7-4-13/h3-8,10H,9,11-12H2,1-2H3,(H,24,25). The Kier molecular flexibility index (Phi) is 6.54. The molecular formula is C21H20ClNO4S. The van der Waals surface area contributed by atoms with E-state index in [0.717, 1.165) is 37.9 Å². The van der Waals surface area contributed by atoms with Crippen LogP contribution in [0.4, 0.5) is 0 Å². The third kappa shape index (κ3) is 4.82. The summed E-state index contributed by atoms with van der Waals surface area (Å²) in [5.41, 5.74) is 3.59. The average molecular weight is 418 g/mol. The van der Waals surface area contributed by atoms with Crippen molar-refractivity contribution in [2.45, 2.75) is 19.3 Å². The first kappa shape index (κ1) is 20.2. The van der Waals surface area contributed by atoms with Crippen molar-refractivity contribution < 1.29 is 19.5 Å². The highest BCUT2D eigenvalue weighted by Gasteiger charge is 2.19. The summed E-state index contributed by atoms with van der Waals surface area (Å²) in [6.45, 7) is 0. The first-order valence-electron chi connectivity index (χ1n) is 8.63. The smallest absolute Gasteiger partial charge is 0.307 e. The van der Waals surface area contributed by atoms with Gasteiger partial charge in [0.25, 0.3) is 0 Å². The largest absolute Gasteiger partial charge is 0.501 e. The molecule has 7 heteroatoms. The summed E-state index contributed by atoms with van der Waals surface area (Å²) in [5, 5.41) is 14.1. The van der Waals surface area contributed by atoms with Gasteiger partial charge in [0.2, 0.25) is 0 Å². The fourth-order valence-electron chi connectivity index (χ4n) is 3.03. The van der Waals surface area contributed by atoms with Gasteiger partial charge in [0.1, 0.15) is 12.9 Å². The van der Waals surface area contributed by atoms with Crippen LogP contribution in [0.5, 0.6) is 0 Å². The van der Waals surface area contributed by atoms with Crippen LogP contribution < -0.4 is 0 Å². The lowest BCUT2D eigenvalue weighted by Crippen LogP contribution is -2.11. The number of nitrogens with zero attached hydrogens (tertiary/aromatic N) is 1. The molecule has 0 saturated carbocycles. The Balaban J connectivity index is 1.95. The molecular weight excluding hydrogens is 398 g/mol. The zero-order valence-corrected chi connectivity index (χ0v) is 17.1. The molecule has 1 aromatic heterocycles. The number of halogens is 1. The Hall–Kier alpha value is -2.57. The summed E-state index contributed by atoms with van der Waals surface area (Å²) >= 11 is 7.57. The molecule has 0 aliphatic heterocycles. The fraction of sp³-hybridized carbons (Fsp3) is 0.238. The first-order chi connectivity index (χ1) is 13.5. The number of oxime groups is 1. The van der Waals surface area contributed by atoms with Gasteiger partial charge in [-0.2, -0.15) is 0 Å². The normalized spacial score (nSPS) is 15.2. The van der Waals surface area contributed by atoms with Crippen LogP contribution in [0.3, 0.4) is 0 Å². The number of allylic oxidation sites excluding steroid dienone is 4. The minimum Gasteiger partial charge on any atom is -0.501 e. The van der Waals surface area contributed by atoms with Gasteiger partial charge in [-0.15, -0.1) is 11.3 Å². The van der Waals surface area contributed by atoms with Gasteiger partial charge in [0.05, 0.1) is 25.7 Å². The predicted octanol–water partition coefficient (Wildman–Crippen LogP) is 5.10. The van der Waals surface area contributed by atoms with Crippen molar-refractivity contribution in [1.82, 2.24) is 0 Å². The van der Waals surface area contributed by atoms with Crippen molar-refractivity contribution in [2.75, 3.05) is 14.2 Å². The number of hydrogen-bond donors (Lipinski definition) is 1. The fourth-order valence-corrected chi connectivity index (χ4v) is 4.36. The zero-order valence-electron chi connectivity index (χ0n) is 15.6. The van der Waals surface area contributed by atoms with E-state index < -0.39 is 5.97 Å². The molecule has 0 bridgehead atoms. The molecule has 28 heavy (non-hydrogen) atoms. The monoisotopic (exact) mass is 417 g/mol. The van der Waals surface area contributed by atoms with Crippen molar-refractivity contribution in [3.8, 4) is 10.4 Å². The SMILES string of the molecule is CON=C1CC(OC)=CC=C1Cc1cc(CC(=O)O)c(-c2ccc(Cl)cc2)s1. The third-order valence-electron chi connectivity index (χ3n) is 4.32. The maximum atomic E-state index is 11.3. The molecule has 146 valence electrons. The first-order valence-corrected chi connectivity index (χ1v) is 9.83. The molecule has 0 radical (unpaired) electrons. The van der Waals surface area contributed by atoms with Crippen LogP contribution in [0.2, 0.25) is 5.02 Å². The van der Waals surface area contributed by atoms with Gasteiger partial charge in [-0.1, -0.05) is 35.0 Å². The molecule has 0 fully saturated rings. The molecule has 0 spiro atoms. The highest BCUT2D eigenvalue weighted by atomic mass is 35.5. The second kappa shape index (κ2) is 9.08. The third-order valence-corrected chi connectivity index (χ3v) is 5.80. The number of rotatable bonds is 7. The van der Waals surface area contributed by atoms with Crippen LogP contribution in [0.1, 0.15) is 16.9 Å². The number of thiophene rings is 1. The van der Waals surface area contributed by atoms with Gasteiger partial charge >= 0.3 is 5.97 Å². The Morgan fingerprint density at radius 2 is 2.00 bits per heavy atom. The van der Waals surface area contributed by atoms with Gasteiger partial charge in [-0.05, 0) is 41.0 Å². The highest BCUT2D eigenvalue weighted by Crippen LogP contribution is 2.35. The molecule has 1 aromatic carbocycles. The summed E-state index contributed by atoms with van der Waals surface area (Å²) in [6.07, 6.45) is 5.07. The van der Waals surface area contributed by atoms with Crippen LogP contribution in [0.15, 0.2) is 59.0 Å². The molecule has 1 aliphatic rings. The van der Waals surface area contributed by atoms with Gasteiger partial charge in [-0.3, -0.25) is 4.79 Å². The number of carbonyl (C=O) groups is 1. The van der Waals surface area contributed by atoms with Crippen molar-refractivity contribution in [2.24, 2.45) is 5.16 Å². The van der Waals surface area contributed by atoms with Gasteiger partial charge in [0, 0.05) is 21.2 Å². The summed E-state index contributed by atoms with van der Waals surface area (Å²) in [6, 6.07) is 9.41. The van der Waals surface area contributed by atoms with Crippen LogP contribution in [0.25, 0.3) is 10.4 Å². The summed E-state index contributed by atoms with van der Waals surface area (Å²) in [4.78, 5) is 18.3. The van der Waals surface area contributed by atoms with E-state index in [4.69, 9.17) is 21.2 Å². The second-order valence-electron chi connectivity index (χ2n) is 6.25. The molecule has 2 aromatic rings. The number of benzene rings is 1. The second-order valence-corrected chi connectivity index (χ2v) is 7.82. The number of carboxylic acids is 1. The van der Waals surface area contributed by atoms with E-state index in [1.165, 1.54) is 7.11 Å². The van der Waals surface area contributed by atoms with Gasteiger partial charge < -0.3 is 14.7 Å². The maximum Gasteiger partial charge on any atom is 0.307 e. The Morgan fingerprint density at radius 1 is 1.25 bits per heavy atom. The molecule has 1 heterocycles. The van der Waals surface area contributed by atoms with E-state index in [-0.39, 0.29) is 6.42 Å². The van der Waals surface area contributed by atoms with E-state index in [9.17, 15) is 9.90 Å². The molecule has 0 amide bonds. The number of carboxylic acid groups (broad SMARTS) is 1. The van der Waals surface area contributed by atoms with E-state index >= 15 is 0 Å². The molecule has 5 nitrogen and oxygen atoms in total. The Morgan fingerprint density at radius 3 is 2.64 bits per heavy atom. The van der Waals surface area contributed by atoms with E-state index in [2.05, 4.69) is 5.16 Å². The van der Waals surface area contributed by atoms with Crippen LogP contribution in [0, 0.1) is 0 Å².